The molecule has 2 rings (SSSR count). The SMILES string of the molecule is CC1CCC(CN)(Nc2ccc(Cl)cc2)CC1C. The Morgan fingerprint density at radius 3 is 2.50 bits per heavy atom. The number of anilines is 1. The van der Waals surface area contributed by atoms with Crippen LogP contribution >= 0.6 is 11.6 Å². The molecule has 0 spiro atoms. The predicted molar refractivity (Wildman–Crippen MR) is 79.0 cm³/mol. The highest BCUT2D eigenvalue weighted by molar-refractivity contribution is 6.30. The van der Waals surface area contributed by atoms with Crippen molar-refractivity contribution in [1.29, 1.82) is 0 Å². The molecular weight excluding hydrogens is 244 g/mol. The predicted octanol–water partition coefficient (Wildman–Crippen LogP) is 3.91. The average molecular weight is 267 g/mol. The molecule has 3 N–H and O–H groups in total. The van der Waals surface area contributed by atoms with E-state index in [9.17, 15) is 0 Å². The van der Waals surface area contributed by atoms with Crippen LogP contribution in [0.15, 0.2) is 24.3 Å². The highest BCUT2D eigenvalue weighted by atomic mass is 35.5. The third-order valence-corrected chi connectivity index (χ3v) is 4.66. The second-order valence-corrected chi connectivity index (χ2v) is 6.25. The fourth-order valence-corrected chi connectivity index (χ4v) is 3.02. The fourth-order valence-electron chi connectivity index (χ4n) is 2.90. The van der Waals surface area contributed by atoms with Crippen LogP contribution in [0.2, 0.25) is 5.02 Å². The van der Waals surface area contributed by atoms with Crippen molar-refractivity contribution < 1.29 is 0 Å². The molecule has 0 amide bonds. The van der Waals surface area contributed by atoms with Crippen LogP contribution in [-0.4, -0.2) is 12.1 Å². The molecule has 0 saturated heterocycles. The molecule has 0 aliphatic heterocycles. The number of nitrogens with one attached hydrogen (secondary N) is 1. The van der Waals surface area contributed by atoms with Gasteiger partial charge in [-0.15, -0.1) is 0 Å². The molecule has 3 unspecified atom stereocenters. The molecule has 1 aliphatic carbocycles. The summed E-state index contributed by atoms with van der Waals surface area (Å²) in [4.78, 5) is 0. The van der Waals surface area contributed by atoms with Crippen molar-refractivity contribution in [1.82, 2.24) is 0 Å². The van der Waals surface area contributed by atoms with Crippen molar-refractivity contribution in [2.45, 2.75) is 38.6 Å². The lowest BCUT2D eigenvalue weighted by molar-refractivity contribution is 0.196. The first-order valence-electron chi connectivity index (χ1n) is 6.78. The lowest BCUT2D eigenvalue weighted by atomic mass is 9.71. The summed E-state index contributed by atoms with van der Waals surface area (Å²) < 4.78 is 0. The molecule has 1 aliphatic rings. The van der Waals surface area contributed by atoms with Gasteiger partial charge in [0.05, 0.1) is 0 Å². The second kappa shape index (κ2) is 5.50. The molecule has 2 nitrogen and oxygen atoms in total. The van der Waals surface area contributed by atoms with Crippen LogP contribution in [0, 0.1) is 11.8 Å². The summed E-state index contributed by atoms with van der Waals surface area (Å²) in [5.41, 5.74) is 7.21. The first kappa shape index (κ1) is 13.7. The van der Waals surface area contributed by atoms with Gasteiger partial charge >= 0.3 is 0 Å². The van der Waals surface area contributed by atoms with Crippen LogP contribution in [0.5, 0.6) is 0 Å². The largest absolute Gasteiger partial charge is 0.378 e. The van der Waals surface area contributed by atoms with Crippen molar-refractivity contribution >= 4 is 17.3 Å². The summed E-state index contributed by atoms with van der Waals surface area (Å²) in [6.07, 6.45) is 3.55. The monoisotopic (exact) mass is 266 g/mol. The minimum Gasteiger partial charge on any atom is -0.378 e. The number of halogens is 1. The molecule has 0 radical (unpaired) electrons. The van der Waals surface area contributed by atoms with E-state index in [2.05, 4.69) is 19.2 Å². The zero-order chi connectivity index (χ0) is 13.2. The Kier molecular flexibility index (Phi) is 4.18. The number of rotatable bonds is 3. The van der Waals surface area contributed by atoms with Gasteiger partial charge in [-0.2, -0.15) is 0 Å². The molecule has 1 saturated carbocycles. The molecule has 100 valence electrons. The normalized spacial score (nSPS) is 32.2. The van der Waals surface area contributed by atoms with Crippen LogP contribution in [0.1, 0.15) is 33.1 Å². The van der Waals surface area contributed by atoms with Crippen molar-refractivity contribution in [3.8, 4) is 0 Å². The Morgan fingerprint density at radius 1 is 1.28 bits per heavy atom. The first-order valence-corrected chi connectivity index (χ1v) is 7.16. The highest BCUT2D eigenvalue weighted by Crippen LogP contribution is 2.37. The third-order valence-electron chi connectivity index (χ3n) is 4.41. The standard InChI is InChI=1S/C15H23ClN2/c1-11-7-8-15(10-17,9-12(11)2)18-14-5-3-13(16)4-6-14/h3-6,11-12,18H,7-10,17H2,1-2H3. The van der Waals surface area contributed by atoms with Crippen molar-refractivity contribution in [2.75, 3.05) is 11.9 Å². The Balaban J connectivity index is 2.11. The lowest BCUT2D eigenvalue weighted by Crippen LogP contribution is -2.50. The van der Waals surface area contributed by atoms with Crippen LogP contribution in [0.4, 0.5) is 5.69 Å². The Labute approximate surface area is 115 Å². The molecule has 1 aromatic rings. The van der Waals surface area contributed by atoms with E-state index in [1.165, 1.54) is 6.42 Å². The van der Waals surface area contributed by atoms with Crippen LogP contribution in [-0.2, 0) is 0 Å². The van der Waals surface area contributed by atoms with E-state index in [1.54, 1.807) is 0 Å². The quantitative estimate of drug-likeness (QED) is 0.871. The minimum absolute atomic E-state index is 0.0553. The molecule has 0 aromatic heterocycles. The third kappa shape index (κ3) is 2.99. The van der Waals surface area contributed by atoms with E-state index in [4.69, 9.17) is 17.3 Å². The van der Waals surface area contributed by atoms with Gasteiger partial charge in [0.1, 0.15) is 0 Å². The number of hydrogen-bond donors (Lipinski definition) is 2. The Bertz CT molecular complexity index is 390. The van der Waals surface area contributed by atoms with Crippen LogP contribution in [0.3, 0.4) is 0 Å². The molecule has 0 heterocycles. The Hall–Kier alpha value is -0.730. The second-order valence-electron chi connectivity index (χ2n) is 5.81. The molecule has 1 fully saturated rings. The lowest BCUT2D eigenvalue weighted by Gasteiger charge is -2.43. The molecule has 1 aromatic carbocycles. The molecule has 3 atom stereocenters. The van der Waals surface area contributed by atoms with E-state index in [0.29, 0.717) is 6.54 Å². The van der Waals surface area contributed by atoms with Gasteiger partial charge in [-0.05, 0) is 55.4 Å². The van der Waals surface area contributed by atoms with E-state index in [0.717, 1.165) is 35.4 Å². The first-order chi connectivity index (χ1) is 8.54. The van der Waals surface area contributed by atoms with Gasteiger partial charge < -0.3 is 11.1 Å². The summed E-state index contributed by atoms with van der Waals surface area (Å²) in [6, 6.07) is 7.90. The summed E-state index contributed by atoms with van der Waals surface area (Å²) >= 11 is 5.91. The summed E-state index contributed by atoms with van der Waals surface area (Å²) in [5, 5.41) is 4.41. The van der Waals surface area contributed by atoms with E-state index in [-0.39, 0.29) is 5.54 Å². The van der Waals surface area contributed by atoms with Gasteiger partial charge in [-0.25, -0.2) is 0 Å². The summed E-state index contributed by atoms with van der Waals surface area (Å²) in [7, 11) is 0. The number of benzene rings is 1. The minimum atomic E-state index is 0.0553. The molecule has 3 heteroatoms. The number of nitrogens with two attached hydrogens (primary N) is 1. The van der Waals surface area contributed by atoms with Crippen LogP contribution < -0.4 is 11.1 Å². The van der Waals surface area contributed by atoms with Gasteiger partial charge in [0.25, 0.3) is 0 Å². The fraction of sp³-hybridized carbons (Fsp3) is 0.600. The van der Waals surface area contributed by atoms with Gasteiger partial charge in [-0.1, -0.05) is 25.4 Å². The summed E-state index contributed by atoms with van der Waals surface area (Å²) in [6.45, 7) is 5.36. The maximum atomic E-state index is 6.04. The van der Waals surface area contributed by atoms with Gasteiger partial charge in [0.15, 0.2) is 0 Å². The summed E-state index contributed by atoms with van der Waals surface area (Å²) in [5.74, 6) is 1.53. The maximum absolute atomic E-state index is 6.04. The maximum Gasteiger partial charge on any atom is 0.0498 e. The smallest absolute Gasteiger partial charge is 0.0498 e. The van der Waals surface area contributed by atoms with Gasteiger partial charge in [-0.3, -0.25) is 0 Å². The topological polar surface area (TPSA) is 38.0 Å². The molecule has 0 bridgehead atoms. The zero-order valence-electron chi connectivity index (χ0n) is 11.2. The van der Waals surface area contributed by atoms with Crippen molar-refractivity contribution in [3.63, 3.8) is 0 Å². The van der Waals surface area contributed by atoms with Crippen LogP contribution in [0.25, 0.3) is 0 Å². The number of hydrogen-bond acceptors (Lipinski definition) is 2. The molecular formula is C15H23ClN2. The zero-order valence-corrected chi connectivity index (χ0v) is 12.0. The van der Waals surface area contributed by atoms with E-state index in [1.807, 2.05) is 24.3 Å². The van der Waals surface area contributed by atoms with E-state index >= 15 is 0 Å². The molecule has 18 heavy (non-hydrogen) atoms. The Morgan fingerprint density at radius 2 is 1.94 bits per heavy atom. The van der Waals surface area contributed by atoms with Gasteiger partial charge in [0, 0.05) is 22.8 Å². The van der Waals surface area contributed by atoms with Crippen molar-refractivity contribution in [3.05, 3.63) is 29.3 Å². The van der Waals surface area contributed by atoms with Crippen molar-refractivity contribution in [2.24, 2.45) is 17.6 Å². The average Bonchev–Trinajstić information content (AvgIpc) is 2.37. The van der Waals surface area contributed by atoms with E-state index < -0.39 is 0 Å². The van der Waals surface area contributed by atoms with Gasteiger partial charge in [0.2, 0.25) is 0 Å². The highest BCUT2D eigenvalue weighted by Gasteiger charge is 2.36.